The molecule has 4 nitrogen and oxygen atoms in total. The van der Waals surface area contributed by atoms with E-state index in [1.807, 2.05) is 6.92 Å². The zero-order valence-corrected chi connectivity index (χ0v) is 12.3. The highest BCUT2D eigenvalue weighted by atomic mass is 79.9. The van der Waals surface area contributed by atoms with E-state index < -0.39 is 4.32 Å². The molecular weight excluding hydrogens is 296 g/mol. The van der Waals surface area contributed by atoms with Crippen LogP contribution >= 0.6 is 15.9 Å². The summed E-state index contributed by atoms with van der Waals surface area (Å²) in [7, 11) is 0. The maximum Gasteiger partial charge on any atom is 0.251 e. The molecular formula is C13H17BrN2O2. The van der Waals surface area contributed by atoms with Gasteiger partial charge in [0.05, 0.1) is 4.32 Å². The van der Waals surface area contributed by atoms with Gasteiger partial charge in [-0.1, -0.05) is 15.9 Å². The normalized spacial score (nSPS) is 10.9. The van der Waals surface area contributed by atoms with Gasteiger partial charge in [0.1, 0.15) is 0 Å². The Bertz CT molecular complexity index is 435. The van der Waals surface area contributed by atoms with Crippen LogP contribution in [0.25, 0.3) is 0 Å². The van der Waals surface area contributed by atoms with Gasteiger partial charge in [-0.2, -0.15) is 0 Å². The molecule has 0 fully saturated rings. The minimum atomic E-state index is -0.620. The Labute approximate surface area is 115 Å². The van der Waals surface area contributed by atoms with Crippen LogP contribution in [0.1, 0.15) is 31.1 Å². The minimum Gasteiger partial charge on any atom is -0.352 e. The predicted octanol–water partition coefficient (Wildman–Crippen LogP) is 2.55. The lowest BCUT2D eigenvalue weighted by Gasteiger charge is -2.15. The highest BCUT2D eigenvalue weighted by Gasteiger charge is 2.23. The van der Waals surface area contributed by atoms with Crippen LogP contribution < -0.4 is 10.6 Å². The van der Waals surface area contributed by atoms with E-state index in [0.29, 0.717) is 17.8 Å². The fourth-order valence-corrected chi connectivity index (χ4v) is 1.35. The van der Waals surface area contributed by atoms with Gasteiger partial charge in [-0.3, -0.25) is 9.59 Å². The van der Waals surface area contributed by atoms with E-state index >= 15 is 0 Å². The number of carbonyl (C=O) groups is 2. The summed E-state index contributed by atoms with van der Waals surface area (Å²) in [5.74, 6) is -0.246. The number of hydrogen-bond acceptors (Lipinski definition) is 2. The molecule has 0 bridgehead atoms. The number of nitrogens with one attached hydrogen (secondary N) is 2. The molecule has 1 rings (SSSR count). The van der Waals surface area contributed by atoms with Crippen molar-refractivity contribution in [2.45, 2.75) is 25.1 Å². The Morgan fingerprint density at radius 3 is 2.22 bits per heavy atom. The van der Waals surface area contributed by atoms with Crippen LogP contribution in [0.2, 0.25) is 0 Å². The van der Waals surface area contributed by atoms with Crippen LogP contribution in [0.15, 0.2) is 24.3 Å². The topological polar surface area (TPSA) is 58.2 Å². The summed E-state index contributed by atoms with van der Waals surface area (Å²) in [6.07, 6.45) is 0. The first-order valence-electron chi connectivity index (χ1n) is 5.73. The number of rotatable bonds is 4. The molecule has 0 heterocycles. The zero-order valence-electron chi connectivity index (χ0n) is 10.7. The van der Waals surface area contributed by atoms with Crippen molar-refractivity contribution in [2.24, 2.45) is 0 Å². The van der Waals surface area contributed by atoms with Crippen molar-refractivity contribution in [3.05, 3.63) is 29.8 Å². The van der Waals surface area contributed by atoms with E-state index in [4.69, 9.17) is 0 Å². The second-order valence-electron chi connectivity index (χ2n) is 4.36. The average molecular weight is 313 g/mol. The SMILES string of the molecule is CCNC(=O)c1ccc(NC(=O)C(C)(C)Br)cc1. The van der Waals surface area contributed by atoms with Crippen molar-refractivity contribution in [3.63, 3.8) is 0 Å². The molecule has 0 aliphatic heterocycles. The number of benzene rings is 1. The molecule has 0 saturated carbocycles. The zero-order chi connectivity index (χ0) is 13.8. The summed E-state index contributed by atoms with van der Waals surface area (Å²) >= 11 is 3.28. The summed E-state index contributed by atoms with van der Waals surface area (Å²) in [6, 6.07) is 6.78. The Balaban J connectivity index is 2.72. The van der Waals surface area contributed by atoms with Crippen LogP contribution in [0.3, 0.4) is 0 Å². The maximum absolute atomic E-state index is 11.7. The molecule has 5 heteroatoms. The Kier molecular flexibility index (Phi) is 4.90. The van der Waals surface area contributed by atoms with Gasteiger partial charge in [0.2, 0.25) is 5.91 Å². The number of halogens is 1. The number of hydrogen-bond donors (Lipinski definition) is 2. The molecule has 0 aliphatic carbocycles. The van der Waals surface area contributed by atoms with Gasteiger partial charge in [0.15, 0.2) is 0 Å². The van der Waals surface area contributed by atoms with Gasteiger partial charge in [-0.25, -0.2) is 0 Å². The van der Waals surface area contributed by atoms with Crippen LogP contribution in [0.4, 0.5) is 5.69 Å². The molecule has 0 radical (unpaired) electrons. The Hall–Kier alpha value is -1.36. The van der Waals surface area contributed by atoms with Crippen molar-refractivity contribution in [1.29, 1.82) is 0 Å². The van der Waals surface area contributed by atoms with Crippen molar-refractivity contribution in [1.82, 2.24) is 5.32 Å². The summed E-state index contributed by atoms with van der Waals surface area (Å²) < 4.78 is -0.620. The fraction of sp³-hybridized carbons (Fsp3) is 0.385. The summed E-state index contributed by atoms with van der Waals surface area (Å²) in [5, 5.41) is 5.48. The van der Waals surface area contributed by atoms with Crippen molar-refractivity contribution < 1.29 is 9.59 Å². The molecule has 0 unspecified atom stereocenters. The Morgan fingerprint density at radius 1 is 1.22 bits per heavy atom. The molecule has 0 saturated heterocycles. The third-order valence-electron chi connectivity index (χ3n) is 2.28. The second kappa shape index (κ2) is 6.00. The molecule has 18 heavy (non-hydrogen) atoms. The first kappa shape index (κ1) is 14.7. The molecule has 2 N–H and O–H groups in total. The summed E-state index contributed by atoms with van der Waals surface area (Å²) in [6.45, 7) is 6.00. The first-order valence-corrected chi connectivity index (χ1v) is 6.52. The number of anilines is 1. The Morgan fingerprint density at radius 2 is 1.78 bits per heavy atom. The number of alkyl halides is 1. The second-order valence-corrected chi connectivity index (χ2v) is 6.35. The average Bonchev–Trinajstić information content (AvgIpc) is 2.29. The largest absolute Gasteiger partial charge is 0.352 e. The van der Waals surface area contributed by atoms with Crippen LogP contribution in [-0.4, -0.2) is 22.7 Å². The van der Waals surface area contributed by atoms with Gasteiger partial charge < -0.3 is 10.6 Å². The molecule has 2 amide bonds. The van der Waals surface area contributed by atoms with Gasteiger partial charge in [0, 0.05) is 17.8 Å². The maximum atomic E-state index is 11.7. The third kappa shape index (κ3) is 4.14. The quantitative estimate of drug-likeness (QED) is 0.839. The van der Waals surface area contributed by atoms with E-state index in [-0.39, 0.29) is 11.8 Å². The van der Waals surface area contributed by atoms with E-state index in [1.54, 1.807) is 38.1 Å². The molecule has 0 aliphatic rings. The highest BCUT2D eigenvalue weighted by Crippen LogP contribution is 2.19. The standard InChI is InChI=1S/C13H17BrN2O2/c1-4-15-11(17)9-5-7-10(8-6-9)16-12(18)13(2,3)14/h5-8H,4H2,1-3H3,(H,15,17)(H,16,18). The van der Waals surface area contributed by atoms with E-state index in [9.17, 15) is 9.59 Å². The van der Waals surface area contributed by atoms with Crippen LogP contribution in [0, 0.1) is 0 Å². The first-order chi connectivity index (χ1) is 8.34. The summed E-state index contributed by atoms with van der Waals surface area (Å²) in [4.78, 5) is 23.2. The molecule has 1 aromatic carbocycles. The third-order valence-corrected chi connectivity index (χ3v) is 2.64. The molecule has 0 atom stereocenters. The smallest absolute Gasteiger partial charge is 0.251 e. The number of amides is 2. The molecule has 0 aromatic heterocycles. The predicted molar refractivity (Wildman–Crippen MR) is 76.1 cm³/mol. The van der Waals surface area contributed by atoms with Gasteiger partial charge in [0.25, 0.3) is 5.91 Å². The molecule has 0 spiro atoms. The highest BCUT2D eigenvalue weighted by molar-refractivity contribution is 9.10. The van der Waals surface area contributed by atoms with E-state index in [1.165, 1.54) is 0 Å². The van der Waals surface area contributed by atoms with Crippen molar-refractivity contribution in [3.8, 4) is 0 Å². The van der Waals surface area contributed by atoms with E-state index in [0.717, 1.165) is 0 Å². The van der Waals surface area contributed by atoms with E-state index in [2.05, 4.69) is 26.6 Å². The molecule has 98 valence electrons. The van der Waals surface area contributed by atoms with Crippen LogP contribution in [-0.2, 0) is 4.79 Å². The van der Waals surface area contributed by atoms with Gasteiger partial charge in [-0.15, -0.1) is 0 Å². The lowest BCUT2D eigenvalue weighted by Crippen LogP contribution is -2.31. The lowest BCUT2D eigenvalue weighted by molar-refractivity contribution is -0.117. The lowest BCUT2D eigenvalue weighted by atomic mass is 10.1. The monoisotopic (exact) mass is 312 g/mol. The minimum absolute atomic E-state index is 0.115. The van der Waals surface area contributed by atoms with Crippen molar-refractivity contribution >= 4 is 33.4 Å². The molecule has 1 aromatic rings. The van der Waals surface area contributed by atoms with Gasteiger partial charge in [-0.05, 0) is 45.0 Å². The fourth-order valence-electron chi connectivity index (χ4n) is 1.25. The number of carbonyl (C=O) groups excluding carboxylic acids is 2. The van der Waals surface area contributed by atoms with Crippen molar-refractivity contribution in [2.75, 3.05) is 11.9 Å². The van der Waals surface area contributed by atoms with Gasteiger partial charge >= 0.3 is 0 Å². The van der Waals surface area contributed by atoms with Crippen LogP contribution in [0.5, 0.6) is 0 Å². The summed E-state index contributed by atoms with van der Waals surface area (Å²) in [5.41, 5.74) is 1.24.